The summed E-state index contributed by atoms with van der Waals surface area (Å²) in [5.41, 5.74) is 0.766. The van der Waals surface area contributed by atoms with Crippen LogP contribution in [0.5, 0.6) is 0 Å². The van der Waals surface area contributed by atoms with E-state index in [1.165, 1.54) is 12.3 Å². The zero-order valence-electron chi connectivity index (χ0n) is 11.2. The highest BCUT2D eigenvalue weighted by Crippen LogP contribution is 2.17. The number of carbonyl (C=O) groups is 2. The maximum absolute atomic E-state index is 12.4. The van der Waals surface area contributed by atoms with Crippen LogP contribution in [-0.2, 0) is 9.53 Å². The molecule has 0 spiro atoms. The number of amides is 1. The molecule has 1 aliphatic rings. The van der Waals surface area contributed by atoms with Crippen LogP contribution in [0.15, 0.2) is 24.4 Å². The number of carboxylic acid groups (broad SMARTS) is 1. The minimum Gasteiger partial charge on any atom is -0.478 e. The highest BCUT2D eigenvalue weighted by atomic mass is 16.5. The second-order valence-corrected chi connectivity index (χ2v) is 4.51. The van der Waals surface area contributed by atoms with Crippen LogP contribution >= 0.6 is 0 Å². The lowest BCUT2D eigenvalue weighted by atomic mass is 10.1. The molecule has 2 heterocycles. The van der Waals surface area contributed by atoms with Gasteiger partial charge in [0.25, 0.3) is 5.91 Å². The Balaban J connectivity index is 2.20. The summed E-state index contributed by atoms with van der Waals surface area (Å²) in [6.45, 7) is 1.16. The summed E-state index contributed by atoms with van der Waals surface area (Å²) in [5, 5.41) is 8.66. The van der Waals surface area contributed by atoms with Gasteiger partial charge >= 0.3 is 5.97 Å². The fourth-order valence-electron chi connectivity index (χ4n) is 2.15. The number of hydrogen-bond donors (Lipinski definition) is 1. The van der Waals surface area contributed by atoms with Crippen LogP contribution in [0.3, 0.4) is 0 Å². The van der Waals surface area contributed by atoms with Crippen LogP contribution in [-0.4, -0.2) is 53.2 Å². The van der Waals surface area contributed by atoms with E-state index in [9.17, 15) is 9.59 Å². The van der Waals surface area contributed by atoms with Crippen molar-refractivity contribution in [1.29, 1.82) is 0 Å². The van der Waals surface area contributed by atoms with Crippen molar-refractivity contribution < 1.29 is 19.4 Å². The van der Waals surface area contributed by atoms with Gasteiger partial charge in [0, 0.05) is 38.0 Å². The van der Waals surface area contributed by atoms with Gasteiger partial charge in [0.2, 0.25) is 0 Å². The first-order valence-corrected chi connectivity index (χ1v) is 6.30. The molecule has 1 aliphatic heterocycles. The van der Waals surface area contributed by atoms with E-state index in [0.717, 1.165) is 12.5 Å². The van der Waals surface area contributed by atoms with Gasteiger partial charge in [-0.1, -0.05) is 6.07 Å². The Labute approximate surface area is 116 Å². The first-order valence-electron chi connectivity index (χ1n) is 6.30. The lowest BCUT2D eigenvalue weighted by Crippen LogP contribution is -2.31. The summed E-state index contributed by atoms with van der Waals surface area (Å²) in [6, 6.07) is 3.34. The number of aliphatic carboxylic acids is 1. The summed E-state index contributed by atoms with van der Waals surface area (Å²) in [4.78, 5) is 28.7. The van der Waals surface area contributed by atoms with Crippen molar-refractivity contribution in [2.45, 2.75) is 12.5 Å². The highest BCUT2D eigenvalue weighted by Gasteiger charge is 2.28. The van der Waals surface area contributed by atoms with E-state index in [1.54, 1.807) is 24.1 Å². The number of carbonyl (C=O) groups excluding carboxylic acids is 1. The molecule has 1 amide bonds. The molecular weight excluding hydrogens is 260 g/mol. The SMILES string of the molecule is COC1CCN(C(=O)c2ncccc2/C=C/C(=O)O)C1. The molecule has 6 nitrogen and oxygen atoms in total. The van der Waals surface area contributed by atoms with Crippen LogP contribution < -0.4 is 0 Å². The maximum atomic E-state index is 12.4. The number of rotatable bonds is 4. The molecule has 6 heteroatoms. The summed E-state index contributed by atoms with van der Waals surface area (Å²) >= 11 is 0. The maximum Gasteiger partial charge on any atom is 0.328 e. The summed E-state index contributed by atoms with van der Waals surface area (Å²) in [6.07, 6.45) is 4.76. The number of aromatic nitrogens is 1. The molecule has 1 N–H and O–H groups in total. The number of ether oxygens (including phenoxy) is 1. The van der Waals surface area contributed by atoms with Crippen molar-refractivity contribution in [3.05, 3.63) is 35.7 Å². The molecule has 1 atom stereocenters. The third-order valence-electron chi connectivity index (χ3n) is 3.21. The second kappa shape index (κ2) is 6.29. The molecule has 0 aromatic carbocycles. The van der Waals surface area contributed by atoms with Gasteiger partial charge < -0.3 is 14.7 Å². The Morgan fingerprint density at radius 2 is 2.35 bits per heavy atom. The lowest BCUT2D eigenvalue weighted by Gasteiger charge is -2.16. The van der Waals surface area contributed by atoms with Crippen LogP contribution in [0.25, 0.3) is 6.08 Å². The highest BCUT2D eigenvalue weighted by molar-refractivity contribution is 5.97. The minimum absolute atomic E-state index is 0.0562. The van der Waals surface area contributed by atoms with E-state index in [0.29, 0.717) is 18.7 Å². The molecule has 1 aromatic rings. The van der Waals surface area contributed by atoms with Crippen LogP contribution in [0.2, 0.25) is 0 Å². The van der Waals surface area contributed by atoms with Crippen molar-refractivity contribution in [1.82, 2.24) is 9.88 Å². The monoisotopic (exact) mass is 276 g/mol. The third kappa shape index (κ3) is 3.21. The van der Waals surface area contributed by atoms with Crippen molar-refractivity contribution in [3.63, 3.8) is 0 Å². The largest absolute Gasteiger partial charge is 0.478 e. The number of likely N-dealkylation sites (tertiary alicyclic amines) is 1. The molecule has 0 aliphatic carbocycles. The quantitative estimate of drug-likeness (QED) is 0.831. The predicted molar refractivity (Wildman–Crippen MR) is 72.2 cm³/mol. The molecular formula is C14H16N2O4. The van der Waals surface area contributed by atoms with Crippen LogP contribution in [0.4, 0.5) is 0 Å². The normalized spacial score (nSPS) is 18.6. The molecule has 1 saturated heterocycles. The predicted octanol–water partition coefficient (Wildman–Crippen LogP) is 1.04. The molecule has 20 heavy (non-hydrogen) atoms. The summed E-state index contributed by atoms with van der Waals surface area (Å²) < 4.78 is 5.23. The Hall–Kier alpha value is -2.21. The lowest BCUT2D eigenvalue weighted by molar-refractivity contribution is -0.131. The van der Waals surface area contributed by atoms with Crippen LogP contribution in [0.1, 0.15) is 22.5 Å². The zero-order chi connectivity index (χ0) is 14.5. The molecule has 0 saturated carbocycles. The van der Waals surface area contributed by atoms with E-state index in [1.807, 2.05) is 0 Å². The minimum atomic E-state index is -1.06. The van der Waals surface area contributed by atoms with Crippen molar-refractivity contribution >= 4 is 18.0 Å². The van der Waals surface area contributed by atoms with E-state index in [4.69, 9.17) is 9.84 Å². The zero-order valence-corrected chi connectivity index (χ0v) is 11.2. The van der Waals surface area contributed by atoms with Gasteiger partial charge in [-0.15, -0.1) is 0 Å². The molecule has 1 fully saturated rings. The molecule has 0 bridgehead atoms. The Morgan fingerprint density at radius 3 is 3.00 bits per heavy atom. The molecule has 106 valence electrons. The van der Waals surface area contributed by atoms with E-state index >= 15 is 0 Å². The van der Waals surface area contributed by atoms with Gasteiger partial charge in [0.1, 0.15) is 5.69 Å². The number of carboxylic acids is 1. The van der Waals surface area contributed by atoms with Crippen molar-refractivity contribution in [2.24, 2.45) is 0 Å². The van der Waals surface area contributed by atoms with E-state index in [2.05, 4.69) is 4.98 Å². The van der Waals surface area contributed by atoms with Gasteiger partial charge in [0.15, 0.2) is 0 Å². The third-order valence-corrected chi connectivity index (χ3v) is 3.21. The average molecular weight is 276 g/mol. The topological polar surface area (TPSA) is 79.7 Å². The van der Waals surface area contributed by atoms with Crippen molar-refractivity contribution in [2.75, 3.05) is 20.2 Å². The smallest absolute Gasteiger partial charge is 0.328 e. The summed E-state index contributed by atoms with van der Waals surface area (Å²) in [7, 11) is 1.63. The number of nitrogens with zero attached hydrogens (tertiary/aromatic N) is 2. The van der Waals surface area contributed by atoms with Gasteiger partial charge in [-0.05, 0) is 18.6 Å². The average Bonchev–Trinajstić information content (AvgIpc) is 2.93. The Bertz CT molecular complexity index is 542. The van der Waals surface area contributed by atoms with E-state index in [-0.39, 0.29) is 17.7 Å². The van der Waals surface area contributed by atoms with E-state index < -0.39 is 5.97 Å². The number of pyridine rings is 1. The first-order chi connectivity index (χ1) is 9.61. The van der Waals surface area contributed by atoms with Crippen molar-refractivity contribution in [3.8, 4) is 0 Å². The molecule has 1 aromatic heterocycles. The molecule has 1 unspecified atom stereocenters. The fourth-order valence-corrected chi connectivity index (χ4v) is 2.15. The number of hydrogen-bond acceptors (Lipinski definition) is 4. The van der Waals surface area contributed by atoms with Gasteiger partial charge in [0.05, 0.1) is 6.10 Å². The summed E-state index contributed by atoms with van der Waals surface area (Å²) in [5.74, 6) is -1.26. The molecule has 2 rings (SSSR count). The standard InChI is InChI=1S/C14H16N2O4/c1-20-11-6-8-16(9-11)14(19)13-10(3-2-7-15-13)4-5-12(17)18/h2-5,7,11H,6,8-9H2,1H3,(H,17,18)/b5-4+. The molecule has 0 radical (unpaired) electrons. The van der Waals surface area contributed by atoms with Gasteiger partial charge in [-0.2, -0.15) is 0 Å². The van der Waals surface area contributed by atoms with Gasteiger partial charge in [-0.3, -0.25) is 9.78 Å². The first kappa shape index (κ1) is 14.2. The number of methoxy groups -OCH3 is 1. The Kier molecular flexibility index (Phi) is 4.47. The Morgan fingerprint density at radius 1 is 1.55 bits per heavy atom. The van der Waals surface area contributed by atoms with Gasteiger partial charge in [-0.25, -0.2) is 4.79 Å². The fraction of sp³-hybridized carbons (Fsp3) is 0.357. The second-order valence-electron chi connectivity index (χ2n) is 4.51. The van der Waals surface area contributed by atoms with Crippen LogP contribution in [0, 0.1) is 0 Å².